The second kappa shape index (κ2) is 12.5. The molecule has 4 heteroatoms. The van der Waals surface area contributed by atoms with Crippen LogP contribution >= 0.6 is 0 Å². The van der Waals surface area contributed by atoms with E-state index in [1.54, 1.807) is 12.4 Å². The summed E-state index contributed by atoms with van der Waals surface area (Å²) in [6, 6.07) is 58.9. The number of aromatic nitrogens is 2. The molecule has 0 N–H and O–H groups in total. The molecule has 0 radical (unpaired) electrons. The number of hydrogen-bond acceptors (Lipinski definition) is 4. The molecule has 6 aromatic carbocycles. The van der Waals surface area contributed by atoms with Gasteiger partial charge in [-0.05, 0) is 72.8 Å². The van der Waals surface area contributed by atoms with Crippen LogP contribution in [0.1, 0.15) is 0 Å². The molecule has 44 heavy (non-hydrogen) atoms. The van der Waals surface area contributed by atoms with E-state index in [-0.39, 0.29) is 0 Å². The number of benzene rings is 6. The molecule has 0 aliphatic heterocycles. The lowest BCUT2D eigenvalue weighted by molar-refractivity contribution is 1.21. The molecule has 1 aromatic heterocycles. The highest BCUT2D eigenvalue weighted by atomic mass is 15.2. The fourth-order valence-corrected chi connectivity index (χ4v) is 5.50. The lowest BCUT2D eigenvalue weighted by Gasteiger charge is -2.28. The first-order valence-corrected chi connectivity index (χ1v) is 14.7. The van der Waals surface area contributed by atoms with Gasteiger partial charge in [-0.25, -0.2) is 0 Å². The first kappa shape index (κ1) is 26.9. The number of hydrogen-bond donors (Lipinski definition) is 0. The summed E-state index contributed by atoms with van der Waals surface area (Å²) in [5.41, 5.74) is 10.3. The Kier molecular flexibility index (Phi) is 7.62. The topological polar surface area (TPSA) is 32.3 Å². The van der Waals surface area contributed by atoms with Crippen LogP contribution in [0.2, 0.25) is 0 Å². The molecule has 4 nitrogen and oxygen atoms in total. The second-order valence-corrected chi connectivity index (χ2v) is 10.4. The van der Waals surface area contributed by atoms with Crippen molar-refractivity contribution >= 4 is 34.1 Å². The number of para-hydroxylation sites is 3. The zero-order valence-electron chi connectivity index (χ0n) is 24.1. The smallest absolute Gasteiger partial charge is 0.0965 e. The van der Waals surface area contributed by atoms with Crippen LogP contribution in [-0.4, -0.2) is 9.97 Å². The van der Waals surface area contributed by atoms with E-state index < -0.39 is 0 Å². The van der Waals surface area contributed by atoms with Crippen molar-refractivity contribution in [1.82, 2.24) is 9.97 Å². The van der Waals surface area contributed by atoms with Gasteiger partial charge in [0.2, 0.25) is 0 Å². The van der Waals surface area contributed by atoms with Crippen molar-refractivity contribution in [3.8, 4) is 22.5 Å². The summed E-state index contributed by atoms with van der Waals surface area (Å²) in [5.74, 6) is 0. The van der Waals surface area contributed by atoms with Crippen LogP contribution in [0.5, 0.6) is 0 Å². The van der Waals surface area contributed by atoms with Crippen molar-refractivity contribution < 1.29 is 0 Å². The van der Waals surface area contributed by atoms with Gasteiger partial charge in [-0.1, -0.05) is 97.1 Å². The van der Waals surface area contributed by atoms with Gasteiger partial charge in [-0.15, -0.1) is 0 Å². The van der Waals surface area contributed by atoms with E-state index in [0.717, 1.165) is 56.6 Å². The monoisotopic (exact) mass is 566 g/mol. The lowest BCUT2D eigenvalue weighted by atomic mass is 10.0. The van der Waals surface area contributed by atoms with Gasteiger partial charge < -0.3 is 9.80 Å². The predicted octanol–water partition coefficient (Wildman–Crippen LogP) is 10.8. The van der Waals surface area contributed by atoms with Gasteiger partial charge in [0.25, 0.3) is 0 Å². The molecule has 0 bridgehead atoms. The third-order valence-corrected chi connectivity index (χ3v) is 7.55. The van der Waals surface area contributed by atoms with Crippen LogP contribution in [0.3, 0.4) is 0 Å². The SMILES string of the molecule is c1ccc(-c2nccnc2-c2ccc(N(c3ccccc3)c3ccc(N(c4ccccc4)c4ccccc4)cc3)cc2)cc1. The van der Waals surface area contributed by atoms with Gasteiger partial charge in [0.15, 0.2) is 0 Å². The fourth-order valence-electron chi connectivity index (χ4n) is 5.50. The van der Waals surface area contributed by atoms with Crippen LogP contribution in [0.15, 0.2) is 182 Å². The summed E-state index contributed by atoms with van der Waals surface area (Å²) < 4.78 is 0. The molecule has 0 saturated carbocycles. The average molecular weight is 567 g/mol. The van der Waals surface area contributed by atoms with E-state index in [1.165, 1.54) is 0 Å². The molecule has 0 unspecified atom stereocenters. The zero-order chi connectivity index (χ0) is 29.6. The quantitative estimate of drug-likeness (QED) is 0.183. The highest BCUT2D eigenvalue weighted by Crippen LogP contribution is 2.39. The van der Waals surface area contributed by atoms with Crippen molar-refractivity contribution in [2.75, 3.05) is 9.80 Å². The van der Waals surface area contributed by atoms with E-state index in [2.05, 4.69) is 148 Å². The van der Waals surface area contributed by atoms with E-state index >= 15 is 0 Å². The highest BCUT2D eigenvalue weighted by molar-refractivity contribution is 5.83. The molecule has 0 aliphatic rings. The van der Waals surface area contributed by atoms with Gasteiger partial charge in [-0.2, -0.15) is 0 Å². The van der Waals surface area contributed by atoms with Crippen molar-refractivity contribution in [1.29, 1.82) is 0 Å². The minimum absolute atomic E-state index is 0.864. The Morgan fingerprint density at radius 1 is 0.273 bits per heavy atom. The molecule has 7 aromatic rings. The Labute approximate surface area is 258 Å². The molecular formula is C40H30N4. The van der Waals surface area contributed by atoms with Crippen molar-refractivity contribution in [3.63, 3.8) is 0 Å². The second-order valence-electron chi connectivity index (χ2n) is 10.4. The van der Waals surface area contributed by atoms with Crippen LogP contribution in [0.4, 0.5) is 34.1 Å². The Hall–Kier alpha value is -6.00. The molecule has 0 atom stereocenters. The van der Waals surface area contributed by atoms with E-state index in [0.29, 0.717) is 0 Å². The van der Waals surface area contributed by atoms with Gasteiger partial charge in [-0.3, -0.25) is 9.97 Å². The van der Waals surface area contributed by atoms with Crippen molar-refractivity contribution in [2.24, 2.45) is 0 Å². The Morgan fingerprint density at radius 3 is 0.909 bits per heavy atom. The summed E-state index contributed by atoms with van der Waals surface area (Å²) >= 11 is 0. The largest absolute Gasteiger partial charge is 0.311 e. The molecule has 0 saturated heterocycles. The first-order chi connectivity index (χ1) is 21.8. The minimum atomic E-state index is 0.864. The Balaban J connectivity index is 1.26. The number of rotatable bonds is 8. The van der Waals surface area contributed by atoms with Gasteiger partial charge in [0.1, 0.15) is 0 Å². The van der Waals surface area contributed by atoms with E-state index in [1.807, 2.05) is 36.4 Å². The van der Waals surface area contributed by atoms with Crippen LogP contribution < -0.4 is 9.80 Å². The maximum absolute atomic E-state index is 4.71. The Morgan fingerprint density at radius 2 is 0.545 bits per heavy atom. The van der Waals surface area contributed by atoms with Gasteiger partial charge in [0.05, 0.1) is 11.4 Å². The lowest BCUT2D eigenvalue weighted by Crippen LogP contribution is -2.12. The molecule has 210 valence electrons. The highest BCUT2D eigenvalue weighted by Gasteiger charge is 2.17. The summed E-state index contributed by atoms with van der Waals surface area (Å²) in [6.45, 7) is 0. The summed E-state index contributed by atoms with van der Waals surface area (Å²) in [5, 5.41) is 0. The standard InChI is InChI=1S/C40H30N4/c1-5-13-31(14-6-1)39-40(42-30-29-41-39)32-21-23-36(24-22-32)44(35-19-11-4-12-20-35)38-27-25-37(26-28-38)43(33-15-7-2-8-16-33)34-17-9-3-10-18-34/h1-30H. The molecule has 0 spiro atoms. The Bertz CT molecular complexity index is 1890. The van der Waals surface area contributed by atoms with Crippen molar-refractivity contribution in [3.05, 3.63) is 182 Å². The molecule has 0 fully saturated rings. The third-order valence-electron chi connectivity index (χ3n) is 7.55. The molecule has 0 aliphatic carbocycles. The normalized spacial score (nSPS) is 10.7. The van der Waals surface area contributed by atoms with Crippen LogP contribution in [0, 0.1) is 0 Å². The zero-order valence-corrected chi connectivity index (χ0v) is 24.1. The van der Waals surface area contributed by atoms with Gasteiger partial charge >= 0.3 is 0 Å². The summed E-state index contributed by atoms with van der Waals surface area (Å²) in [7, 11) is 0. The van der Waals surface area contributed by atoms with E-state index in [4.69, 9.17) is 4.98 Å². The number of nitrogens with zero attached hydrogens (tertiary/aromatic N) is 4. The molecule has 0 amide bonds. The third kappa shape index (κ3) is 5.57. The maximum atomic E-state index is 4.71. The van der Waals surface area contributed by atoms with Crippen LogP contribution in [0.25, 0.3) is 22.5 Å². The molecule has 7 rings (SSSR count). The maximum Gasteiger partial charge on any atom is 0.0965 e. The molecule has 1 heterocycles. The summed E-state index contributed by atoms with van der Waals surface area (Å²) in [4.78, 5) is 13.9. The fraction of sp³-hybridized carbons (Fsp3) is 0. The van der Waals surface area contributed by atoms with Gasteiger partial charge in [0, 0.05) is 57.6 Å². The summed E-state index contributed by atoms with van der Waals surface area (Å²) in [6.07, 6.45) is 3.50. The van der Waals surface area contributed by atoms with E-state index in [9.17, 15) is 0 Å². The molecular weight excluding hydrogens is 536 g/mol. The van der Waals surface area contributed by atoms with Crippen molar-refractivity contribution in [2.45, 2.75) is 0 Å². The minimum Gasteiger partial charge on any atom is -0.311 e. The van der Waals surface area contributed by atoms with Crippen LogP contribution in [-0.2, 0) is 0 Å². The number of anilines is 6. The first-order valence-electron chi connectivity index (χ1n) is 14.7. The average Bonchev–Trinajstić information content (AvgIpc) is 3.11. The predicted molar refractivity (Wildman–Crippen MR) is 182 cm³/mol.